The Kier molecular flexibility index (Phi) is 6.82. The maximum Gasteiger partial charge on any atom is 0.244 e. The van der Waals surface area contributed by atoms with Gasteiger partial charge in [-0.2, -0.15) is 5.10 Å². The molecule has 5 heteroatoms. The zero-order valence-electron chi connectivity index (χ0n) is 15.6. The van der Waals surface area contributed by atoms with E-state index in [1.807, 2.05) is 79.7 Å². The van der Waals surface area contributed by atoms with E-state index < -0.39 is 0 Å². The largest absolute Gasteiger partial charge is 0.489 e. The quantitative estimate of drug-likeness (QED) is 0.458. The molecule has 0 aromatic heterocycles. The third-order valence-electron chi connectivity index (χ3n) is 4.09. The second kappa shape index (κ2) is 9.72. The summed E-state index contributed by atoms with van der Waals surface area (Å²) in [5.41, 5.74) is 6.59. The molecule has 0 saturated heterocycles. The van der Waals surface area contributed by atoms with Gasteiger partial charge in [-0.15, -0.1) is 0 Å². The molecule has 3 aromatic carbocycles. The molecule has 0 fully saturated rings. The monoisotopic (exact) mass is 392 g/mol. The van der Waals surface area contributed by atoms with E-state index in [0.717, 1.165) is 22.4 Å². The molecule has 1 N–H and O–H groups in total. The van der Waals surface area contributed by atoms with Crippen LogP contribution in [0.4, 0.5) is 0 Å². The third-order valence-corrected chi connectivity index (χ3v) is 4.34. The van der Waals surface area contributed by atoms with Gasteiger partial charge in [-0.3, -0.25) is 4.79 Å². The minimum Gasteiger partial charge on any atom is -0.489 e. The number of nitrogens with one attached hydrogen (secondary N) is 1. The fourth-order valence-electron chi connectivity index (χ4n) is 2.51. The molecule has 28 heavy (non-hydrogen) atoms. The Bertz CT molecular complexity index is 934. The summed E-state index contributed by atoms with van der Waals surface area (Å²) < 4.78 is 5.75. The molecule has 0 bridgehead atoms. The van der Waals surface area contributed by atoms with Crippen LogP contribution in [0.25, 0.3) is 0 Å². The Morgan fingerprint density at radius 2 is 1.61 bits per heavy atom. The van der Waals surface area contributed by atoms with Crippen molar-refractivity contribution in [2.24, 2.45) is 5.10 Å². The van der Waals surface area contributed by atoms with Gasteiger partial charge >= 0.3 is 0 Å². The van der Waals surface area contributed by atoms with Crippen LogP contribution < -0.4 is 10.2 Å². The average molecular weight is 393 g/mol. The number of ether oxygens (including phenoxy) is 1. The number of carbonyl (C=O) groups is 1. The molecule has 142 valence electrons. The summed E-state index contributed by atoms with van der Waals surface area (Å²) in [5.74, 6) is 0.610. The molecule has 3 aromatic rings. The van der Waals surface area contributed by atoms with Crippen molar-refractivity contribution in [2.75, 3.05) is 0 Å². The van der Waals surface area contributed by atoms with Crippen LogP contribution >= 0.6 is 11.6 Å². The number of nitrogens with zero attached hydrogens (tertiary/aromatic N) is 1. The summed E-state index contributed by atoms with van der Waals surface area (Å²) in [5, 5.41) is 4.72. The molecule has 4 nitrogen and oxygen atoms in total. The summed E-state index contributed by atoms with van der Waals surface area (Å²) in [4.78, 5) is 11.9. The minimum absolute atomic E-state index is 0.150. The molecule has 0 heterocycles. The van der Waals surface area contributed by atoms with Gasteiger partial charge in [-0.25, -0.2) is 5.43 Å². The first-order chi connectivity index (χ1) is 13.6. The summed E-state index contributed by atoms with van der Waals surface area (Å²) >= 11 is 5.87. The van der Waals surface area contributed by atoms with E-state index in [1.54, 1.807) is 6.21 Å². The highest BCUT2D eigenvalue weighted by Crippen LogP contribution is 2.15. The van der Waals surface area contributed by atoms with E-state index in [4.69, 9.17) is 16.3 Å². The van der Waals surface area contributed by atoms with Crippen molar-refractivity contribution in [2.45, 2.75) is 20.0 Å². The standard InChI is InChI=1S/C23H21ClN2O2/c1-17-2-4-18(5-3-17)14-23(27)26-25-15-19-8-12-22(13-9-19)28-16-20-6-10-21(24)11-7-20/h2-13,15H,14,16H2,1H3,(H,26,27)/b25-15+. The van der Waals surface area contributed by atoms with Crippen LogP contribution in [0.3, 0.4) is 0 Å². The van der Waals surface area contributed by atoms with Crippen molar-refractivity contribution in [1.82, 2.24) is 5.43 Å². The molecular formula is C23H21ClN2O2. The van der Waals surface area contributed by atoms with Crippen LogP contribution in [0.5, 0.6) is 5.75 Å². The number of rotatable bonds is 7. The maximum atomic E-state index is 11.9. The van der Waals surface area contributed by atoms with Crippen molar-refractivity contribution >= 4 is 23.7 Å². The van der Waals surface area contributed by atoms with Gasteiger partial charge in [0.1, 0.15) is 12.4 Å². The molecule has 0 unspecified atom stereocenters. The van der Waals surface area contributed by atoms with Gasteiger partial charge in [0.05, 0.1) is 12.6 Å². The average Bonchev–Trinajstić information content (AvgIpc) is 2.70. The van der Waals surface area contributed by atoms with E-state index >= 15 is 0 Å². The SMILES string of the molecule is Cc1ccc(CC(=O)N/N=C/c2ccc(OCc3ccc(Cl)cc3)cc2)cc1. The van der Waals surface area contributed by atoms with Gasteiger partial charge in [0.2, 0.25) is 5.91 Å². The molecule has 1 amide bonds. The second-order valence-corrected chi connectivity index (χ2v) is 6.88. The summed E-state index contributed by atoms with van der Waals surface area (Å²) in [6, 6.07) is 22.9. The summed E-state index contributed by atoms with van der Waals surface area (Å²) in [6.45, 7) is 2.49. The van der Waals surface area contributed by atoms with Gasteiger partial charge < -0.3 is 4.74 Å². The smallest absolute Gasteiger partial charge is 0.244 e. The predicted molar refractivity (Wildman–Crippen MR) is 113 cm³/mol. The number of hydrogen-bond acceptors (Lipinski definition) is 3. The third kappa shape index (κ3) is 6.25. The van der Waals surface area contributed by atoms with E-state index in [1.165, 1.54) is 5.56 Å². The molecule has 0 atom stereocenters. The molecule has 0 aliphatic carbocycles. The number of benzene rings is 3. The molecule has 0 radical (unpaired) electrons. The zero-order chi connectivity index (χ0) is 19.8. The van der Waals surface area contributed by atoms with Gasteiger partial charge in [0.25, 0.3) is 0 Å². The fourth-order valence-corrected chi connectivity index (χ4v) is 2.63. The van der Waals surface area contributed by atoms with Crippen LogP contribution in [0.15, 0.2) is 77.9 Å². The summed E-state index contributed by atoms with van der Waals surface area (Å²) in [7, 11) is 0. The molecule has 0 aliphatic heterocycles. The van der Waals surface area contributed by atoms with E-state index in [0.29, 0.717) is 18.1 Å². The number of amides is 1. The fraction of sp³-hybridized carbons (Fsp3) is 0.130. The van der Waals surface area contributed by atoms with Gasteiger partial charge in [-0.05, 0) is 60.0 Å². The normalized spacial score (nSPS) is 10.8. The van der Waals surface area contributed by atoms with Gasteiger partial charge in [0.15, 0.2) is 0 Å². The first-order valence-corrected chi connectivity index (χ1v) is 9.31. The minimum atomic E-state index is -0.150. The van der Waals surface area contributed by atoms with E-state index in [9.17, 15) is 4.79 Å². The number of aryl methyl sites for hydroxylation is 1. The van der Waals surface area contributed by atoms with Crippen molar-refractivity contribution in [3.8, 4) is 5.75 Å². The van der Waals surface area contributed by atoms with Crippen LogP contribution in [0.1, 0.15) is 22.3 Å². The Morgan fingerprint density at radius 1 is 0.964 bits per heavy atom. The van der Waals surface area contributed by atoms with Crippen molar-refractivity contribution in [1.29, 1.82) is 0 Å². The predicted octanol–water partition coefficient (Wildman–Crippen LogP) is 4.92. The topological polar surface area (TPSA) is 50.7 Å². The highest BCUT2D eigenvalue weighted by Gasteiger charge is 2.02. The molecular weight excluding hydrogens is 372 g/mol. The van der Waals surface area contributed by atoms with Crippen LogP contribution in [-0.2, 0) is 17.8 Å². The van der Waals surface area contributed by atoms with Crippen molar-refractivity contribution in [3.63, 3.8) is 0 Å². The first-order valence-electron chi connectivity index (χ1n) is 8.93. The van der Waals surface area contributed by atoms with Gasteiger partial charge in [0, 0.05) is 5.02 Å². The lowest BCUT2D eigenvalue weighted by Gasteiger charge is -2.06. The molecule has 3 rings (SSSR count). The number of hydrogen-bond donors (Lipinski definition) is 1. The number of hydrazone groups is 1. The Balaban J connectivity index is 1.45. The molecule has 0 saturated carbocycles. The Hall–Kier alpha value is -3.11. The van der Waals surface area contributed by atoms with Crippen molar-refractivity contribution in [3.05, 3.63) is 100 Å². The number of halogens is 1. The highest BCUT2D eigenvalue weighted by molar-refractivity contribution is 6.30. The lowest BCUT2D eigenvalue weighted by Crippen LogP contribution is -2.19. The Labute approximate surface area is 169 Å². The number of carbonyl (C=O) groups excluding carboxylic acids is 1. The molecule has 0 spiro atoms. The lowest BCUT2D eigenvalue weighted by molar-refractivity contribution is -0.120. The van der Waals surface area contributed by atoms with E-state index in [-0.39, 0.29) is 5.91 Å². The Morgan fingerprint density at radius 3 is 2.29 bits per heavy atom. The second-order valence-electron chi connectivity index (χ2n) is 6.44. The highest BCUT2D eigenvalue weighted by atomic mass is 35.5. The van der Waals surface area contributed by atoms with E-state index in [2.05, 4.69) is 10.5 Å². The van der Waals surface area contributed by atoms with Gasteiger partial charge in [-0.1, -0.05) is 53.6 Å². The first kappa shape index (κ1) is 19.6. The lowest BCUT2D eigenvalue weighted by atomic mass is 10.1. The molecule has 0 aliphatic rings. The van der Waals surface area contributed by atoms with Crippen molar-refractivity contribution < 1.29 is 9.53 Å². The van der Waals surface area contributed by atoms with Crippen LogP contribution in [-0.4, -0.2) is 12.1 Å². The zero-order valence-corrected chi connectivity index (χ0v) is 16.3. The van der Waals surface area contributed by atoms with Crippen LogP contribution in [0.2, 0.25) is 5.02 Å². The van der Waals surface area contributed by atoms with Crippen LogP contribution in [0, 0.1) is 6.92 Å². The summed E-state index contributed by atoms with van der Waals surface area (Å²) in [6.07, 6.45) is 1.91. The maximum absolute atomic E-state index is 11.9.